The van der Waals surface area contributed by atoms with Crippen LogP contribution in [0.4, 0.5) is 5.69 Å². The Hall–Kier alpha value is -2.54. The van der Waals surface area contributed by atoms with Crippen LogP contribution in [0.15, 0.2) is 42.5 Å². The van der Waals surface area contributed by atoms with E-state index in [0.29, 0.717) is 25.3 Å². The first kappa shape index (κ1) is 22.7. The van der Waals surface area contributed by atoms with E-state index in [1.165, 1.54) is 16.1 Å². The number of sulfonamides is 1. The van der Waals surface area contributed by atoms with Crippen LogP contribution in [-0.2, 0) is 14.8 Å². The molecule has 6 nitrogen and oxygen atoms in total. The largest absolute Gasteiger partial charge is 0.492 e. The van der Waals surface area contributed by atoms with Gasteiger partial charge in [-0.15, -0.1) is 0 Å². The highest BCUT2D eigenvalue weighted by atomic mass is 32.2. The predicted molar refractivity (Wildman–Crippen MR) is 117 cm³/mol. The zero-order valence-corrected chi connectivity index (χ0v) is 18.4. The highest BCUT2D eigenvalue weighted by Gasteiger charge is 2.18. The minimum Gasteiger partial charge on any atom is -0.492 e. The third-order valence-electron chi connectivity index (χ3n) is 4.72. The van der Waals surface area contributed by atoms with Gasteiger partial charge in [0.25, 0.3) is 0 Å². The van der Waals surface area contributed by atoms with Gasteiger partial charge in [0.15, 0.2) is 0 Å². The normalized spacial score (nSPS) is 11.2. The molecule has 158 valence electrons. The fourth-order valence-electron chi connectivity index (χ4n) is 2.94. The Morgan fingerprint density at radius 2 is 1.76 bits per heavy atom. The van der Waals surface area contributed by atoms with Crippen LogP contribution in [0.25, 0.3) is 0 Å². The van der Waals surface area contributed by atoms with Crippen molar-refractivity contribution in [1.29, 1.82) is 0 Å². The molecule has 0 aromatic heterocycles. The molecule has 0 fully saturated rings. The van der Waals surface area contributed by atoms with Crippen molar-refractivity contribution in [1.82, 2.24) is 5.32 Å². The van der Waals surface area contributed by atoms with Crippen molar-refractivity contribution in [3.63, 3.8) is 0 Å². The molecule has 0 saturated carbocycles. The van der Waals surface area contributed by atoms with Crippen LogP contribution in [0, 0.1) is 20.8 Å². The molecule has 29 heavy (non-hydrogen) atoms. The van der Waals surface area contributed by atoms with E-state index in [4.69, 9.17) is 4.74 Å². The third-order valence-corrected chi connectivity index (χ3v) is 5.90. The molecular formula is C22H30N2O4S. The lowest BCUT2D eigenvalue weighted by Gasteiger charge is -2.24. The molecule has 0 bridgehead atoms. The Balaban J connectivity index is 1.76. The van der Waals surface area contributed by atoms with E-state index in [0.717, 1.165) is 16.9 Å². The van der Waals surface area contributed by atoms with Crippen LogP contribution in [0.3, 0.4) is 0 Å². The second-order valence-electron chi connectivity index (χ2n) is 7.17. The first-order valence-corrected chi connectivity index (χ1v) is 11.5. The smallest absolute Gasteiger partial charge is 0.232 e. The van der Waals surface area contributed by atoms with Crippen molar-refractivity contribution in [2.45, 2.75) is 33.6 Å². The number of anilines is 1. The van der Waals surface area contributed by atoms with E-state index >= 15 is 0 Å². The SMILES string of the molecule is Cc1ccc(OCCNC(=O)CCCN(c2ccccc2C)S(C)(=O)=O)cc1C. The van der Waals surface area contributed by atoms with Gasteiger partial charge in [-0.05, 0) is 62.1 Å². The third kappa shape index (κ3) is 7.09. The minimum atomic E-state index is -3.41. The molecule has 0 spiro atoms. The molecule has 0 heterocycles. The number of nitrogens with zero attached hydrogens (tertiary/aromatic N) is 1. The Kier molecular flexibility index (Phi) is 8.08. The van der Waals surface area contributed by atoms with Crippen LogP contribution < -0.4 is 14.4 Å². The number of ether oxygens (including phenoxy) is 1. The van der Waals surface area contributed by atoms with Gasteiger partial charge in [0, 0.05) is 13.0 Å². The van der Waals surface area contributed by atoms with Crippen LogP contribution in [0.2, 0.25) is 0 Å². The summed E-state index contributed by atoms with van der Waals surface area (Å²) in [7, 11) is -3.41. The molecule has 2 aromatic rings. The second kappa shape index (κ2) is 10.3. The van der Waals surface area contributed by atoms with Gasteiger partial charge in [-0.1, -0.05) is 24.3 Å². The van der Waals surface area contributed by atoms with Crippen molar-refractivity contribution < 1.29 is 17.9 Å². The molecule has 0 aliphatic rings. The standard InChI is InChI=1S/C22H30N2O4S/c1-17-11-12-20(16-19(17)3)28-15-13-23-22(25)10-7-14-24(29(4,26)27)21-9-6-5-8-18(21)2/h5-6,8-9,11-12,16H,7,10,13-15H2,1-4H3,(H,23,25). The molecule has 2 aromatic carbocycles. The quantitative estimate of drug-likeness (QED) is 0.601. The number of aryl methyl sites for hydroxylation is 3. The summed E-state index contributed by atoms with van der Waals surface area (Å²) in [4.78, 5) is 12.1. The van der Waals surface area contributed by atoms with Crippen LogP contribution in [0.5, 0.6) is 5.75 Å². The number of carbonyl (C=O) groups excluding carboxylic acids is 1. The highest BCUT2D eigenvalue weighted by Crippen LogP contribution is 2.22. The lowest BCUT2D eigenvalue weighted by Crippen LogP contribution is -2.33. The van der Waals surface area contributed by atoms with Gasteiger partial charge in [-0.25, -0.2) is 8.42 Å². The van der Waals surface area contributed by atoms with E-state index in [1.54, 1.807) is 6.07 Å². The summed E-state index contributed by atoms with van der Waals surface area (Å²) in [6.07, 6.45) is 1.87. The van der Waals surface area contributed by atoms with Crippen LogP contribution in [-0.4, -0.2) is 40.3 Å². The van der Waals surface area contributed by atoms with Crippen molar-refractivity contribution in [3.05, 3.63) is 59.2 Å². The topological polar surface area (TPSA) is 75.7 Å². The van der Waals surface area contributed by atoms with Gasteiger partial charge in [-0.2, -0.15) is 0 Å². The van der Waals surface area contributed by atoms with Crippen molar-refractivity contribution in [3.8, 4) is 5.75 Å². The summed E-state index contributed by atoms with van der Waals surface area (Å²) >= 11 is 0. The van der Waals surface area contributed by atoms with Gasteiger partial charge in [0.05, 0.1) is 18.5 Å². The highest BCUT2D eigenvalue weighted by molar-refractivity contribution is 7.92. The zero-order chi connectivity index (χ0) is 21.4. The van der Waals surface area contributed by atoms with E-state index in [2.05, 4.69) is 5.32 Å². The zero-order valence-electron chi connectivity index (χ0n) is 17.6. The maximum Gasteiger partial charge on any atom is 0.232 e. The predicted octanol–water partition coefficient (Wildman–Crippen LogP) is 3.35. The van der Waals surface area contributed by atoms with Gasteiger partial charge in [0.2, 0.25) is 15.9 Å². The number of hydrogen-bond donors (Lipinski definition) is 1. The number of amides is 1. The van der Waals surface area contributed by atoms with Gasteiger partial charge in [0.1, 0.15) is 12.4 Å². The summed E-state index contributed by atoms with van der Waals surface area (Å²) in [5.41, 5.74) is 3.90. The Labute approximate surface area is 173 Å². The van der Waals surface area contributed by atoms with Crippen molar-refractivity contribution >= 4 is 21.6 Å². The molecule has 1 N–H and O–H groups in total. The number of para-hydroxylation sites is 1. The first-order chi connectivity index (χ1) is 13.7. The Morgan fingerprint density at radius 1 is 1.03 bits per heavy atom. The maximum atomic E-state index is 12.2. The molecule has 0 atom stereocenters. The van der Waals surface area contributed by atoms with Crippen molar-refractivity contribution in [2.24, 2.45) is 0 Å². The fraction of sp³-hybridized carbons (Fsp3) is 0.409. The van der Waals surface area contributed by atoms with E-state index in [1.807, 2.05) is 57.2 Å². The summed E-state index contributed by atoms with van der Waals surface area (Å²) in [6, 6.07) is 13.2. The Bertz CT molecular complexity index is 942. The second-order valence-corrected chi connectivity index (χ2v) is 9.08. The summed E-state index contributed by atoms with van der Waals surface area (Å²) in [5, 5.41) is 2.81. The number of hydrogen-bond acceptors (Lipinski definition) is 4. The number of nitrogens with one attached hydrogen (secondary N) is 1. The lowest BCUT2D eigenvalue weighted by molar-refractivity contribution is -0.121. The van der Waals surface area contributed by atoms with E-state index < -0.39 is 10.0 Å². The number of carbonyl (C=O) groups is 1. The maximum absolute atomic E-state index is 12.2. The van der Waals surface area contributed by atoms with Crippen LogP contribution in [0.1, 0.15) is 29.5 Å². The molecular weight excluding hydrogens is 388 g/mol. The Morgan fingerprint density at radius 3 is 2.41 bits per heavy atom. The molecule has 0 aliphatic heterocycles. The van der Waals surface area contributed by atoms with Crippen LogP contribution >= 0.6 is 0 Å². The first-order valence-electron chi connectivity index (χ1n) is 9.68. The van der Waals surface area contributed by atoms with Crippen molar-refractivity contribution in [2.75, 3.05) is 30.3 Å². The van der Waals surface area contributed by atoms with E-state index in [9.17, 15) is 13.2 Å². The monoisotopic (exact) mass is 418 g/mol. The lowest BCUT2D eigenvalue weighted by atomic mass is 10.1. The molecule has 1 amide bonds. The molecule has 0 radical (unpaired) electrons. The summed E-state index contributed by atoms with van der Waals surface area (Å²) in [6.45, 7) is 6.99. The number of rotatable bonds is 10. The molecule has 0 aliphatic carbocycles. The fourth-order valence-corrected chi connectivity index (χ4v) is 3.97. The molecule has 7 heteroatoms. The summed E-state index contributed by atoms with van der Waals surface area (Å²) in [5.74, 6) is 0.663. The molecule has 0 saturated heterocycles. The average Bonchev–Trinajstić information content (AvgIpc) is 2.65. The molecule has 0 unspecified atom stereocenters. The summed E-state index contributed by atoms with van der Waals surface area (Å²) < 4.78 is 31.3. The minimum absolute atomic E-state index is 0.119. The number of benzene rings is 2. The van der Waals surface area contributed by atoms with Gasteiger partial charge in [-0.3, -0.25) is 9.10 Å². The van der Waals surface area contributed by atoms with Gasteiger partial charge >= 0.3 is 0 Å². The van der Waals surface area contributed by atoms with Gasteiger partial charge < -0.3 is 10.1 Å². The average molecular weight is 419 g/mol. The molecule has 2 rings (SSSR count). The van der Waals surface area contributed by atoms with E-state index in [-0.39, 0.29) is 18.9 Å².